The van der Waals surface area contributed by atoms with E-state index in [0.29, 0.717) is 6.54 Å². The topological polar surface area (TPSA) is 70.3 Å². The van der Waals surface area contributed by atoms with E-state index in [9.17, 15) is 4.79 Å². The van der Waals surface area contributed by atoms with Gasteiger partial charge in [-0.25, -0.2) is 20.0 Å². The number of unbranched alkanes of at least 4 members (excludes halogenated alkanes) is 9. The zero-order valence-corrected chi connectivity index (χ0v) is 11.5. The first-order valence-electron chi connectivity index (χ1n) is 6.91. The Morgan fingerprint density at radius 3 is 1.61 bits per heavy atom. The smallest absolute Gasteiger partial charge is 0.222 e. The van der Waals surface area contributed by atoms with E-state index in [1.54, 1.807) is 6.08 Å². The van der Waals surface area contributed by atoms with Crippen LogP contribution in [0.3, 0.4) is 0 Å². The second-order valence-electron chi connectivity index (χ2n) is 4.26. The van der Waals surface area contributed by atoms with Crippen molar-refractivity contribution in [3.63, 3.8) is 0 Å². The molecule has 0 aromatic rings. The van der Waals surface area contributed by atoms with Crippen LogP contribution in [-0.4, -0.2) is 18.7 Å². The van der Waals surface area contributed by atoms with E-state index in [1.165, 1.54) is 57.8 Å². The van der Waals surface area contributed by atoms with E-state index in [0.717, 1.165) is 12.5 Å². The molecule has 0 aliphatic rings. The third-order valence-corrected chi connectivity index (χ3v) is 2.69. The van der Waals surface area contributed by atoms with Crippen molar-refractivity contribution in [1.29, 1.82) is 5.41 Å². The fourth-order valence-electron chi connectivity index (χ4n) is 1.72. The fraction of sp³-hybridized carbons (Fsp3) is 0.857. The summed E-state index contributed by atoms with van der Waals surface area (Å²) in [5.41, 5.74) is 0. The van der Waals surface area contributed by atoms with Gasteiger partial charge in [0.15, 0.2) is 0 Å². The highest BCUT2D eigenvalue weighted by Gasteiger charge is 1.91. The van der Waals surface area contributed by atoms with Gasteiger partial charge in [0.2, 0.25) is 12.2 Å². The van der Waals surface area contributed by atoms with Gasteiger partial charge in [-0.3, -0.25) is 0 Å². The lowest BCUT2D eigenvalue weighted by molar-refractivity contribution is 0.552. The van der Waals surface area contributed by atoms with Gasteiger partial charge in [-0.2, -0.15) is 0 Å². The van der Waals surface area contributed by atoms with E-state index < -0.39 is 0 Å². The summed E-state index contributed by atoms with van der Waals surface area (Å²) in [7, 11) is 0. The van der Waals surface area contributed by atoms with Crippen LogP contribution < -0.4 is 0 Å². The monoisotopic (exact) mass is 254 g/mol. The van der Waals surface area contributed by atoms with Crippen LogP contribution >= 0.6 is 0 Å². The van der Waals surface area contributed by atoms with Crippen LogP contribution in [0.5, 0.6) is 0 Å². The second-order valence-corrected chi connectivity index (χ2v) is 4.26. The average molecular weight is 254 g/mol. The van der Waals surface area contributed by atoms with Crippen LogP contribution in [0.25, 0.3) is 0 Å². The van der Waals surface area contributed by atoms with Gasteiger partial charge in [0.05, 0.1) is 6.54 Å². The molecular weight excluding hydrogens is 228 g/mol. The number of aliphatic imine (C=N–C) groups is 1. The average Bonchev–Trinajstić information content (AvgIpc) is 2.37. The number of hydrogen-bond donors (Lipinski definition) is 1. The van der Waals surface area contributed by atoms with Crippen LogP contribution in [-0.2, 0) is 9.59 Å². The molecule has 0 saturated heterocycles. The molecule has 0 atom stereocenters. The van der Waals surface area contributed by atoms with Crippen molar-refractivity contribution in [2.24, 2.45) is 4.99 Å². The molecule has 4 nitrogen and oxygen atoms in total. The Hall–Kier alpha value is -1.24. The van der Waals surface area contributed by atoms with Crippen molar-refractivity contribution < 1.29 is 9.59 Å². The zero-order valence-electron chi connectivity index (χ0n) is 11.5. The Morgan fingerprint density at radius 1 is 0.833 bits per heavy atom. The summed E-state index contributed by atoms with van der Waals surface area (Å²) in [6, 6.07) is 0. The lowest BCUT2D eigenvalue weighted by Crippen LogP contribution is -1.83. The molecule has 0 saturated carbocycles. The molecule has 0 aliphatic heterocycles. The highest BCUT2D eigenvalue weighted by molar-refractivity contribution is 5.32. The minimum Gasteiger partial charge on any atom is -0.222 e. The quantitative estimate of drug-likeness (QED) is 0.342. The molecule has 0 amide bonds. The van der Waals surface area contributed by atoms with Gasteiger partial charge in [0, 0.05) is 0 Å². The number of hydrogen-bond acceptors (Lipinski definition) is 4. The third-order valence-electron chi connectivity index (χ3n) is 2.69. The minimum atomic E-state index is 0.667. The Balaban J connectivity index is 0. The Bertz CT molecular complexity index is 230. The van der Waals surface area contributed by atoms with Crippen molar-refractivity contribution in [3.8, 4) is 0 Å². The maximum Gasteiger partial charge on any atom is 0.234 e. The molecule has 0 unspecified atom stereocenters. The van der Waals surface area contributed by atoms with Gasteiger partial charge in [-0.05, 0) is 6.42 Å². The van der Waals surface area contributed by atoms with Crippen LogP contribution in [0, 0.1) is 5.41 Å². The van der Waals surface area contributed by atoms with Crippen molar-refractivity contribution in [1.82, 2.24) is 0 Å². The summed E-state index contributed by atoms with van der Waals surface area (Å²) in [6.07, 6.45) is 15.5. The molecule has 1 N–H and O–H groups in total. The molecule has 0 aromatic heterocycles. The predicted octanol–water partition coefficient (Wildman–Crippen LogP) is 4.14. The molecule has 0 heterocycles. The molecule has 0 radical (unpaired) electrons. The van der Waals surface area contributed by atoms with E-state index in [4.69, 9.17) is 10.2 Å². The Kier molecular flexibility index (Phi) is 22.4. The highest BCUT2D eigenvalue weighted by Crippen LogP contribution is 2.10. The van der Waals surface area contributed by atoms with Crippen LogP contribution in [0.15, 0.2) is 4.99 Å². The highest BCUT2D eigenvalue weighted by atomic mass is 16.1. The van der Waals surface area contributed by atoms with Crippen molar-refractivity contribution in [2.75, 3.05) is 6.54 Å². The van der Waals surface area contributed by atoms with Gasteiger partial charge < -0.3 is 0 Å². The minimum absolute atomic E-state index is 0.667. The standard InChI is InChI=1S/C13H25NO.CHNO/c1-2-3-4-5-6-7-8-9-10-11-12-14-13-15;2-1-3/h2-12H2,1H3;2H. The summed E-state index contributed by atoms with van der Waals surface area (Å²) in [4.78, 5) is 21.7. The number of carbonyl (C=O) groups excluding carboxylic acids is 2. The maximum atomic E-state index is 9.77. The maximum absolute atomic E-state index is 9.77. The van der Waals surface area contributed by atoms with Crippen molar-refractivity contribution >= 4 is 12.2 Å². The molecule has 18 heavy (non-hydrogen) atoms. The fourth-order valence-corrected chi connectivity index (χ4v) is 1.72. The van der Waals surface area contributed by atoms with E-state index in [1.807, 2.05) is 0 Å². The summed E-state index contributed by atoms with van der Waals surface area (Å²) >= 11 is 0. The first kappa shape index (κ1) is 19.1. The van der Waals surface area contributed by atoms with Gasteiger partial charge >= 0.3 is 0 Å². The van der Waals surface area contributed by atoms with Crippen LogP contribution in [0.2, 0.25) is 0 Å². The van der Waals surface area contributed by atoms with E-state index in [2.05, 4.69) is 11.9 Å². The molecule has 0 aliphatic carbocycles. The molecule has 0 bridgehead atoms. The van der Waals surface area contributed by atoms with E-state index >= 15 is 0 Å². The SMILES string of the molecule is CCCCCCCCCCCCN=C=O.N=C=O. The summed E-state index contributed by atoms with van der Waals surface area (Å²) in [5, 5.41) is 5.40. The zero-order chi connectivity index (χ0) is 13.9. The molecule has 4 heteroatoms. The van der Waals surface area contributed by atoms with Crippen LogP contribution in [0.1, 0.15) is 71.1 Å². The molecular formula is C14H26N2O2. The number of isocyanates is 2. The number of nitrogens with zero attached hydrogens (tertiary/aromatic N) is 1. The summed E-state index contributed by atoms with van der Waals surface area (Å²) in [6.45, 7) is 2.92. The predicted molar refractivity (Wildman–Crippen MR) is 73.2 cm³/mol. The van der Waals surface area contributed by atoms with Gasteiger partial charge in [0.1, 0.15) is 0 Å². The first-order chi connectivity index (χ1) is 8.83. The summed E-state index contributed by atoms with van der Waals surface area (Å²) in [5.74, 6) is 0. The largest absolute Gasteiger partial charge is 0.234 e. The van der Waals surface area contributed by atoms with Crippen molar-refractivity contribution in [3.05, 3.63) is 0 Å². The van der Waals surface area contributed by atoms with Gasteiger partial charge in [-0.1, -0.05) is 64.7 Å². The third kappa shape index (κ3) is 24.1. The van der Waals surface area contributed by atoms with Crippen LogP contribution in [0.4, 0.5) is 0 Å². The normalized spacial score (nSPS) is 8.72. The number of nitrogens with one attached hydrogen (secondary N) is 1. The summed E-state index contributed by atoms with van der Waals surface area (Å²) < 4.78 is 0. The molecule has 0 fully saturated rings. The Labute approximate surface area is 110 Å². The van der Waals surface area contributed by atoms with E-state index in [-0.39, 0.29) is 0 Å². The molecule has 0 aromatic carbocycles. The second kappa shape index (κ2) is 21.1. The Morgan fingerprint density at radius 2 is 1.22 bits per heavy atom. The number of rotatable bonds is 11. The van der Waals surface area contributed by atoms with Crippen molar-refractivity contribution in [2.45, 2.75) is 71.1 Å². The van der Waals surface area contributed by atoms with Gasteiger partial charge in [-0.15, -0.1) is 0 Å². The first-order valence-corrected chi connectivity index (χ1v) is 6.91. The molecule has 0 spiro atoms. The lowest BCUT2D eigenvalue weighted by atomic mass is 10.1. The molecule has 104 valence electrons. The van der Waals surface area contributed by atoms with Gasteiger partial charge in [0.25, 0.3) is 0 Å². The molecule has 0 rings (SSSR count). The lowest BCUT2D eigenvalue weighted by Gasteiger charge is -2.00.